The summed E-state index contributed by atoms with van der Waals surface area (Å²) >= 11 is 5.37. The fourth-order valence-electron chi connectivity index (χ4n) is 0.989. The normalized spacial score (nSPS) is 11.8. The molecular weight excluding hydrogens is 219 g/mol. The van der Waals surface area contributed by atoms with Crippen LogP contribution in [-0.4, -0.2) is 4.57 Å². The Morgan fingerprint density at radius 1 is 1.50 bits per heavy atom. The quantitative estimate of drug-likeness (QED) is 0.720. The molecule has 2 nitrogen and oxygen atoms in total. The first-order valence-corrected chi connectivity index (χ1v) is 4.21. The van der Waals surface area contributed by atoms with E-state index < -0.39 is 22.3 Å². The van der Waals surface area contributed by atoms with Crippen molar-refractivity contribution in [3.05, 3.63) is 33.2 Å². The highest BCUT2D eigenvalue weighted by Crippen LogP contribution is 2.29. The van der Waals surface area contributed by atoms with Crippen LogP contribution in [0.2, 0.25) is 5.02 Å². The van der Waals surface area contributed by atoms with Crippen molar-refractivity contribution in [2.45, 2.75) is 19.6 Å². The van der Waals surface area contributed by atoms with Gasteiger partial charge in [0, 0.05) is 12.7 Å². The summed E-state index contributed by atoms with van der Waals surface area (Å²) < 4.78 is 37.6. The number of aryl methyl sites for hydroxylation is 1. The minimum Gasteiger partial charge on any atom is -0.314 e. The van der Waals surface area contributed by atoms with Gasteiger partial charge in [-0.2, -0.15) is 13.2 Å². The van der Waals surface area contributed by atoms with Gasteiger partial charge in [0.1, 0.15) is 5.02 Å². The lowest BCUT2D eigenvalue weighted by molar-refractivity contribution is -0.138. The number of hydrogen-bond donors (Lipinski definition) is 0. The summed E-state index contributed by atoms with van der Waals surface area (Å²) in [4.78, 5) is 11.1. The van der Waals surface area contributed by atoms with Crippen molar-refractivity contribution < 1.29 is 13.2 Å². The number of pyridine rings is 1. The fraction of sp³-hybridized carbons (Fsp3) is 0.375. The van der Waals surface area contributed by atoms with Crippen molar-refractivity contribution in [3.8, 4) is 0 Å². The fourth-order valence-corrected chi connectivity index (χ4v) is 1.22. The third-order valence-electron chi connectivity index (χ3n) is 1.71. The van der Waals surface area contributed by atoms with E-state index >= 15 is 0 Å². The smallest absolute Gasteiger partial charge is 0.314 e. The number of aromatic nitrogens is 1. The molecular formula is C8H7ClF3NO. The molecule has 0 amide bonds. The molecule has 0 aromatic carbocycles. The zero-order chi connectivity index (χ0) is 10.9. The van der Waals surface area contributed by atoms with E-state index in [1.54, 1.807) is 6.92 Å². The van der Waals surface area contributed by atoms with Gasteiger partial charge in [-0.3, -0.25) is 4.79 Å². The Kier molecular flexibility index (Phi) is 2.89. The molecule has 0 aliphatic rings. The number of nitrogens with zero attached hydrogens (tertiary/aromatic N) is 1. The Balaban J connectivity index is 3.38. The molecule has 1 heterocycles. The highest BCUT2D eigenvalue weighted by molar-refractivity contribution is 6.30. The van der Waals surface area contributed by atoms with E-state index in [1.807, 2.05) is 0 Å². The first-order chi connectivity index (χ1) is 6.36. The molecule has 1 aromatic heterocycles. The van der Waals surface area contributed by atoms with Gasteiger partial charge >= 0.3 is 6.18 Å². The summed E-state index contributed by atoms with van der Waals surface area (Å²) in [6, 6.07) is 0.635. The lowest BCUT2D eigenvalue weighted by atomic mass is 10.3. The van der Waals surface area contributed by atoms with E-state index in [-0.39, 0.29) is 6.54 Å². The van der Waals surface area contributed by atoms with Crippen LogP contribution in [0, 0.1) is 0 Å². The maximum atomic E-state index is 12.2. The maximum Gasteiger partial charge on any atom is 0.417 e. The molecule has 1 aromatic rings. The standard InChI is InChI=1S/C8H7ClF3NO/c1-2-13-4-5(8(10,11)12)3-6(9)7(13)14/h3-4H,2H2,1H3. The molecule has 0 N–H and O–H groups in total. The van der Waals surface area contributed by atoms with Crippen LogP contribution in [0.4, 0.5) is 13.2 Å². The van der Waals surface area contributed by atoms with Crippen molar-refractivity contribution in [2.75, 3.05) is 0 Å². The molecule has 0 aliphatic carbocycles. The van der Waals surface area contributed by atoms with E-state index in [0.717, 1.165) is 10.8 Å². The maximum absolute atomic E-state index is 12.2. The Bertz CT molecular complexity index is 397. The van der Waals surface area contributed by atoms with E-state index in [9.17, 15) is 18.0 Å². The largest absolute Gasteiger partial charge is 0.417 e. The van der Waals surface area contributed by atoms with Crippen LogP contribution in [-0.2, 0) is 12.7 Å². The average molecular weight is 226 g/mol. The zero-order valence-electron chi connectivity index (χ0n) is 7.23. The average Bonchev–Trinajstić information content (AvgIpc) is 2.07. The Labute approximate surface area is 82.9 Å². The monoisotopic (exact) mass is 225 g/mol. The van der Waals surface area contributed by atoms with Crippen LogP contribution in [0.15, 0.2) is 17.1 Å². The van der Waals surface area contributed by atoms with Gasteiger partial charge in [0.15, 0.2) is 0 Å². The summed E-state index contributed by atoms with van der Waals surface area (Å²) in [5.74, 6) is 0. The highest BCUT2D eigenvalue weighted by Gasteiger charge is 2.31. The Hall–Kier alpha value is -0.970. The second kappa shape index (κ2) is 3.65. The Morgan fingerprint density at radius 2 is 2.07 bits per heavy atom. The van der Waals surface area contributed by atoms with Gasteiger partial charge in [0.2, 0.25) is 0 Å². The molecule has 0 unspecified atom stereocenters. The highest BCUT2D eigenvalue weighted by atomic mass is 35.5. The summed E-state index contributed by atoms with van der Waals surface area (Å²) in [5.41, 5.74) is -1.52. The number of halogens is 4. The third-order valence-corrected chi connectivity index (χ3v) is 1.98. The van der Waals surface area contributed by atoms with Crippen molar-refractivity contribution >= 4 is 11.6 Å². The van der Waals surface area contributed by atoms with E-state index in [2.05, 4.69) is 0 Å². The molecule has 0 spiro atoms. The summed E-state index contributed by atoms with van der Waals surface area (Å²) in [5, 5.41) is -0.415. The van der Waals surface area contributed by atoms with E-state index in [1.165, 1.54) is 0 Å². The van der Waals surface area contributed by atoms with E-state index in [0.29, 0.717) is 6.07 Å². The number of hydrogen-bond acceptors (Lipinski definition) is 1. The van der Waals surface area contributed by atoms with Crippen molar-refractivity contribution in [1.82, 2.24) is 4.57 Å². The summed E-state index contributed by atoms with van der Waals surface area (Å²) in [7, 11) is 0. The predicted octanol–water partition coefficient (Wildman–Crippen LogP) is 2.54. The lowest BCUT2D eigenvalue weighted by Crippen LogP contribution is -2.21. The lowest BCUT2D eigenvalue weighted by Gasteiger charge is -2.09. The molecule has 0 bridgehead atoms. The molecule has 0 saturated carbocycles. The topological polar surface area (TPSA) is 22.0 Å². The van der Waals surface area contributed by atoms with Crippen molar-refractivity contribution in [2.24, 2.45) is 0 Å². The van der Waals surface area contributed by atoms with Crippen molar-refractivity contribution in [1.29, 1.82) is 0 Å². The van der Waals surface area contributed by atoms with Crippen LogP contribution in [0.25, 0.3) is 0 Å². The van der Waals surface area contributed by atoms with Gasteiger partial charge in [0.05, 0.1) is 5.56 Å². The molecule has 14 heavy (non-hydrogen) atoms. The first kappa shape index (κ1) is 11.1. The zero-order valence-corrected chi connectivity index (χ0v) is 7.99. The van der Waals surface area contributed by atoms with Crippen LogP contribution in [0.3, 0.4) is 0 Å². The molecule has 1 rings (SSSR count). The van der Waals surface area contributed by atoms with Gasteiger partial charge < -0.3 is 4.57 Å². The minimum atomic E-state index is -4.48. The van der Waals surface area contributed by atoms with Gasteiger partial charge in [-0.15, -0.1) is 0 Å². The number of rotatable bonds is 1. The molecule has 0 saturated heterocycles. The van der Waals surface area contributed by atoms with Gasteiger partial charge in [0.25, 0.3) is 5.56 Å². The SMILES string of the molecule is CCn1cc(C(F)(F)F)cc(Cl)c1=O. The number of alkyl halides is 3. The molecule has 0 radical (unpaired) electrons. The molecule has 78 valence electrons. The van der Waals surface area contributed by atoms with Crippen LogP contribution >= 0.6 is 11.6 Å². The second-order valence-electron chi connectivity index (χ2n) is 2.67. The first-order valence-electron chi connectivity index (χ1n) is 3.83. The van der Waals surface area contributed by atoms with Gasteiger partial charge in [-0.25, -0.2) is 0 Å². The van der Waals surface area contributed by atoms with Gasteiger partial charge in [-0.05, 0) is 13.0 Å². The molecule has 0 fully saturated rings. The van der Waals surface area contributed by atoms with E-state index in [4.69, 9.17) is 11.6 Å². The summed E-state index contributed by atoms with van der Waals surface area (Å²) in [6.45, 7) is 1.72. The molecule has 0 aliphatic heterocycles. The van der Waals surface area contributed by atoms with Crippen molar-refractivity contribution in [3.63, 3.8) is 0 Å². The molecule has 6 heteroatoms. The van der Waals surface area contributed by atoms with Crippen LogP contribution < -0.4 is 5.56 Å². The van der Waals surface area contributed by atoms with Gasteiger partial charge in [-0.1, -0.05) is 11.6 Å². The van der Waals surface area contributed by atoms with Crippen LogP contribution in [0.5, 0.6) is 0 Å². The Morgan fingerprint density at radius 3 is 2.50 bits per heavy atom. The summed E-state index contributed by atoms with van der Waals surface area (Å²) in [6.07, 6.45) is -3.72. The van der Waals surface area contributed by atoms with Crippen LogP contribution in [0.1, 0.15) is 12.5 Å². The predicted molar refractivity (Wildman–Crippen MR) is 46.4 cm³/mol. The molecule has 0 atom stereocenters. The second-order valence-corrected chi connectivity index (χ2v) is 3.07. The minimum absolute atomic E-state index is 0.155. The third kappa shape index (κ3) is 2.09.